The Balaban J connectivity index is 2.58. The molecule has 80 valence electrons. The summed E-state index contributed by atoms with van der Waals surface area (Å²) >= 11 is 5.56. The van der Waals surface area contributed by atoms with Gasteiger partial charge in [0.05, 0.1) is 5.56 Å². The first-order chi connectivity index (χ1) is 7.83. The van der Waals surface area contributed by atoms with Gasteiger partial charge in [0.2, 0.25) is 0 Å². The van der Waals surface area contributed by atoms with Gasteiger partial charge in [-0.25, -0.2) is 0 Å². The summed E-state index contributed by atoms with van der Waals surface area (Å²) in [5, 5.41) is 11.8. The minimum atomic E-state index is 0.223. The summed E-state index contributed by atoms with van der Waals surface area (Å²) in [4.78, 5) is 0. The minimum Gasteiger partial charge on any atom is -0.507 e. The number of phenolic OH excluding ortho intramolecular Hbond substituents is 1. The van der Waals surface area contributed by atoms with Crippen molar-refractivity contribution in [3.63, 3.8) is 0 Å². The van der Waals surface area contributed by atoms with Crippen LogP contribution in [0, 0.1) is 11.8 Å². The summed E-state index contributed by atoms with van der Waals surface area (Å²) in [7, 11) is 0. The first-order valence-electron chi connectivity index (χ1n) is 5.08. The van der Waals surface area contributed by atoms with Crippen LogP contribution in [0.2, 0.25) is 0 Å². The topological polar surface area (TPSA) is 20.2 Å². The molecule has 2 aromatic carbocycles. The third-order valence-corrected chi connectivity index (χ3v) is 2.53. The summed E-state index contributed by atoms with van der Waals surface area (Å²) in [6.07, 6.45) is 0.629. The Morgan fingerprint density at radius 2 is 1.94 bits per heavy atom. The second-order valence-corrected chi connectivity index (χ2v) is 3.80. The first-order valence-corrected chi connectivity index (χ1v) is 5.62. The van der Waals surface area contributed by atoms with E-state index < -0.39 is 0 Å². The van der Waals surface area contributed by atoms with Crippen LogP contribution in [0.1, 0.15) is 12.0 Å². The average Bonchev–Trinajstić information content (AvgIpc) is 2.32. The fourth-order valence-electron chi connectivity index (χ4n) is 1.59. The summed E-state index contributed by atoms with van der Waals surface area (Å²) in [6, 6.07) is 11.4. The van der Waals surface area contributed by atoms with Gasteiger partial charge in [-0.3, -0.25) is 0 Å². The van der Waals surface area contributed by atoms with Gasteiger partial charge in [-0.1, -0.05) is 42.2 Å². The van der Waals surface area contributed by atoms with Gasteiger partial charge in [-0.15, -0.1) is 11.6 Å². The van der Waals surface area contributed by atoms with Crippen molar-refractivity contribution < 1.29 is 5.11 Å². The Bertz CT molecular complexity index is 564. The number of hydrogen-bond donors (Lipinski definition) is 1. The highest BCUT2D eigenvalue weighted by molar-refractivity contribution is 6.18. The minimum absolute atomic E-state index is 0.223. The third-order valence-electron chi connectivity index (χ3n) is 2.34. The maximum atomic E-state index is 9.77. The van der Waals surface area contributed by atoms with Gasteiger partial charge < -0.3 is 5.11 Å². The van der Waals surface area contributed by atoms with Crippen LogP contribution in [0.5, 0.6) is 5.75 Å². The van der Waals surface area contributed by atoms with Gasteiger partial charge in [0, 0.05) is 17.7 Å². The van der Waals surface area contributed by atoms with Gasteiger partial charge in [0.1, 0.15) is 5.75 Å². The summed E-state index contributed by atoms with van der Waals surface area (Å²) in [5.41, 5.74) is 0.684. The zero-order valence-electron chi connectivity index (χ0n) is 8.70. The van der Waals surface area contributed by atoms with Crippen LogP contribution in [-0.4, -0.2) is 11.0 Å². The molecule has 0 saturated carbocycles. The van der Waals surface area contributed by atoms with Crippen LogP contribution in [0.15, 0.2) is 36.4 Å². The molecule has 0 aliphatic heterocycles. The van der Waals surface area contributed by atoms with Crippen LogP contribution in [0.3, 0.4) is 0 Å². The SMILES string of the molecule is Oc1ccc2ccccc2c1C#CCCCl. The largest absolute Gasteiger partial charge is 0.507 e. The lowest BCUT2D eigenvalue weighted by molar-refractivity contribution is 0.474. The van der Waals surface area contributed by atoms with Gasteiger partial charge >= 0.3 is 0 Å². The van der Waals surface area contributed by atoms with E-state index in [1.54, 1.807) is 6.07 Å². The Morgan fingerprint density at radius 3 is 2.75 bits per heavy atom. The van der Waals surface area contributed by atoms with Crippen LogP contribution >= 0.6 is 11.6 Å². The molecule has 2 rings (SSSR count). The predicted molar refractivity (Wildman–Crippen MR) is 67.8 cm³/mol. The lowest BCUT2D eigenvalue weighted by Crippen LogP contribution is -1.81. The van der Waals surface area contributed by atoms with Crippen molar-refractivity contribution >= 4 is 22.4 Å². The second-order valence-electron chi connectivity index (χ2n) is 3.42. The quantitative estimate of drug-likeness (QED) is 0.587. The monoisotopic (exact) mass is 230 g/mol. The number of halogens is 1. The van der Waals surface area contributed by atoms with Crippen molar-refractivity contribution in [1.29, 1.82) is 0 Å². The molecule has 0 aromatic heterocycles. The van der Waals surface area contributed by atoms with E-state index in [1.807, 2.05) is 30.3 Å². The smallest absolute Gasteiger partial charge is 0.131 e. The molecule has 0 aliphatic rings. The predicted octanol–water partition coefficient (Wildman–Crippen LogP) is 3.53. The number of alkyl halides is 1. The molecule has 0 radical (unpaired) electrons. The second kappa shape index (κ2) is 4.92. The van der Waals surface area contributed by atoms with Crippen LogP contribution in [0.4, 0.5) is 0 Å². The standard InChI is InChI=1S/C14H11ClO/c15-10-4-3-7-13-12-6-2-1-5-11(12)8-9-14(13)16/h1-2,5-6,8-9,16H,4,10H2. The Morgan fingerprint density at radius 1 is 1.12 bits per heavy atom. The van der Waals surface area contributed by atoms with Crippen molar-refractivity contribution in [3.8, 4) is 17.6 Å². The average molecular weight is 231 g/mol. The molecule has 0 aliphatic carbocycles. The Labute approximate surface area is 99.7 Å². The van der Waals surface area contributed by atoms with Gasteiger partial charge in [-0.2, -0.15) is 0 Å². The summed E-state index contributed by atoms with van der Waals surface area (Å²) in [5.74, 6) is 6.65. The summed E-state index contributed by atoms with van der Waals surface area (Å²) in [6.45, 7) is 0. The third kappa shape index (κ3) is 2.13. The molecule has 0 fully saturated rings. The molecule has 1 nitrogen and oxygen atoms in total. The maximum Gasteiger partial charge on any atom is 0.131 e. The van der Waals surface area contributed by atoms with E-state index in [2.05, 4.69) is 11.8 Å². The molecule has 16 heavy (non-hydrogen) atoms. The zero-order valence-corrected chi connectivity index (χ0v) is 9.46. The molecule has 2 heteroatoms. The molecule has 0 spiro atoms. The maximum absolute atomic E-state index is 9.77. The molecule has 0 atom stereocenters. The van der Waals surface area contributed by atoms with Crippen LogP contribution in [0.25, 0.3) is 10.8 Å². The fourth-order valence-corrected chi connectivity index (χ4v) is 1.68. The molecule has 0 bridgehead atoms. The van der Waals surface area contributed by atoms with Crippen molar-refractivity contribution in [2.45, 2.75) is 6.42 Å². The van der Waals surface area contributed by atoms with E-state index >= 15 is 0 Å². The molecule has 0 heterocycles. The van der Waals surface area contributed by atoms with E-state index in [0.717, 1.165) is 10.8 Å². The molecule has 1 N–H and O–H groups in total. The summed E-state index contributed by atoms with van der Waals surface area (Å²) < 4.78 is 0. The van der Waals surface area contributed by atoms with Crippen molar-refractivity contribution in [3.05, 3.63) is 42.0 Å². The Kier molecular flexibility index (Phi) is 3.34. The molecule has 0 saturated heterocycles. The number of hydrogen-bond acceptors (Lipinski definition) is 1. The van der Waals surface area contributed by atoms with E-state index in [-0.39, 0.29) is 5.75 Å². The van der Waals surface area contributed by atoms with Crippen molar-refractivity contribution in [2.24, 2.45) is 0 Å². The van der Waals surface area contributed by atoms with Gasteiger partial charge in [0.15, 0.2) is 0 Å². The molecule has 0 amide bonds. The lowest BCUT2D eigenvalue weighted by atomic mass is 10.0. The lowest BCUT2D eigenvalue weighted by Gasteiger charge is -2.02. The number of fused-ring (bicyclic) bond motifs is 1. The first kappa shape index (κ1) is 10.9. The number of benzene rings is 2. The van der Waals surface area contributed by atoms with Crippen molar-refractivity contribution in [1.82, 2.24) is 0 Å². The molecular weight excluding hydrogens is 220 g/mol. The van der Waals surface area contributed by atoms with Crippen LogP contribution < -0.4 is 0 Å². The normalized spacial score (nSPS) is 9.81. The fraction of sp³-hybridized carbons (Fsp3) is 0.143. The van der Waals surface area contributed by atoms with E-state index in [4.69, 9.17) is 11.6 Å². The van der Waals surface area contributed by atoms with Gasteiger partial charge in [-0.05, 0) is 11.5 Å². The molecule has 0 unspecified atom stereocenters. The molecule has 2 aromatic rings. The highest BCUT2D eigenvalue weighted by Crippen LogP contribution is 2.25. The molecular formula is C14H11ClO. The van der Waals surface area contributed by atoms with Gasteiger partial charge in [0.25, 0.3) is 0 Å². The Hall–Kier alpha value is -1.65. The number of rotatable bonds is 1. The van der Waals surface area contributed by atoms with E-state index in [1.165, 1.54) is 0 Å². The van der Waals surface area contributed by atoms with Crippen molar-refractivity contribution in [2.75, 3.05) is 5.88 Å². The highest BCUT2D eigenvalue weighted by atomic mass is 35.5. The number of aromatic hydroxyl groups is 1. The highest BCUT2D eigenvalue weighted by Gasteiger charge is 2.02. The zero-order chi connectivity index (χ0) is 11.4. The van der Waals surface area contributed by atoms with Crippen LogP contribution in [-0.2, 0) is 0 Å². The van der Waals surface area contributed by atoms with E-state index in [9.17, 15) is 5.11 Å². The van der Waals surface area contributed by atoms with E-state index in [0.29, 0.717) is 17.9 Å². The number of phenols is 1.